The van der Waals surface area contributed by atoms with E-state index in [1.165, 1.54) is 0 Å². The number of pyridine rings is 1. The van der Waals surface area contributed by atoms with E-state index in [1.54, 1.807) is 6.20 Å². The second-order valence-electron chi connectivity index (χ2n) is 5.59. The first-order chi connectivity index (χ1) is 11.2. The standard InChI is InChI=1S/C16H22N6O/c1-13-12-15(19-14-4-2-3-5-17-14)20-16(18-13)22-8-6-21(7-9-22)10-11-23/h2-5,12,23H,6-11H2,1H3,(H,17,18,19,20). The van der Waals surface area contributed by atoms with Crippen LogP contribution in [0.15, 0.2) is 30.5 Å². The van der Waals surface area contributed by atoms with Crippen molar-refractivity contribution in [3.63, 3.8) is 0 Å². The topological polar surface area (TPSA) is 77.4 Å². The van der Waals surface area contributed by atoms with Gasteiger partial charge in [-0.25, -0.2) is 9.97 Å². The third-order valence-electron chi connectivity index (χ3n) is 3.83. The van der Waals surface area contributed by atoms with Gasteiger partial charge in [0.25, 0.3) is 0 Å². The van der Waals surface area contributed by atoms with Crippen molar-refractivity contribution < 1.29 is 5.11 Å². The molecule has 0 amide bonds. The van der Waals surface area contributed by atoms with Crippen LogP contribution in [0.3, 0.4) is 0 Å². The summed E-state index contributed by atoms with van der Waals surface area (Å²) in [6, 6.07) is 7.64. The number of hydrogen-bond donors (Lipinski definition) is 2. The molecule has 0 atom stereocenters. The lowest BCUT2D eigenvalue weighted by Crippen LogP contribution is -2.47. The van der Waals surface area contributed by atoms with Crippen LogP contribution < -0.4 is 10.2 Å². The van der Waals surface area contributed by atoms with Crippen LogP contribution in [-0.4, -0.2) is 64.3 Å². The Morgan fingerprint density at radius 1 is 1.13 bits per heavy atom. The highest BCUT2D eigenvalue weighted by Gasteiger charge is 2.19. The highest BCUT2D eigenvalue weighted by Crippen LogP contribution is 2.18. The number of aliphatic hydroxyl groups is 1. The molecule has 0 spiro atoms. The maximum absolute atomic E-state index is 9.02. The van der Waals surface area contributed by atoms with Gasteiger partial charge in [-0.15, -0.1) is 0 Å². The van der Waals surface area contributed by atoms with Crippen LogP contribution in [0.4, 0.5) is 17.6 Å². The first-order valence-corrected chi connectivity index (χ1v) is 7.86. The molecule has 1 fully saturated rings. The summed E-state index contributed by atoms with van der Waals surface area (Å²) in [5, 5.41) is 12.2. The van der Waals surface area contributed by atoms with E-state index < -0.39 is 0 Å². The van der Waals surface area contributed by atoms with Crippen LogP contribution in [0.5, 0.6) is 0 Å². The van der Waals surface area contributed by atoms with Crippen molar-refractivity contribution in [1.82, 2.24) is 19.9 Å². The van der Waals surface area contributed by atoms with E-state index in [4.69, 9.17) is 5.11 Å². The molecule has 0 aromatic carbocycles. The molecule has 7 nitrogen and oxygen atoms in total. The Hall–Kier alpha value is -2.25. The zero-order valence-electron chi connectivity index (χ0n) is 13.3. The number of β-amino-alcohol motifs (C(OH)–C–C–N with tert-alkyl or cyclic N) is 1. The molecule has 2 N–H and O–H groups in total. The Balaban J connectivity index is 1.71. The molecule has 7 heteroatoms. The Labute approximate surface area is 136 Å². The maximum atomic E-state index is 9.02. The van der Waals surface area contributed by atoms with Crippen molar-refractivity contribution in [2.24, 2.45) is 0 Å². The van der Waals surface area contributed by atoms with Gasteiger partial charge >= 0.3 is 0 Å². The molecule has 1 saturated heterocycles. The minimum absolute atomic E-state index is 0.207. The van der Waals surface area contributed by atoms with E-state index in [-0.39, 0.29) is 6.61 Å². The zero-order valence-corrected chi connectivity index (χ0v) is 13.3. The first-order valence-electron chi connectivity index (χ1n) is 7.86. The van der Waals surface area contributed by atoms with Gasteiger partial charge in [0, 0.05) is 50.7 Å². The van der Waals surface area contributed by atoms with Crippen LogP contribution in [0.2, 0.25) is 0 Å². The van der Waals surface area contributed by atoms with Crippen molar-refractivity contribution in [1.29, 1.82) is 0 Å². The summed E-state index contributed by atoms with van der Waals surface area (Å²) >= 11 is 0. The summed E-state index contributed by atoms with van der Waals surface area (Å²) in [4.78, 5) is 17.9. The van der Waals surface area contributed by atoms with Gasteiger partial charge in [0.15, 0.2) is 0 Å². The normalized spacial score (nSPS) is 15.7. The molecule has 1 aliphatic rings. The van der Waals surface area contributed by atoms with Crippen LogP contribution >= 0.6 is 0 Å². The van der Waals surface area contributed by atoms with Crippen LogP contribution in [-0.2, 0) is 0 Å². The summed E-state index contributed by atoms with van der Waals surface area (Å²) < 4.78 is 0. The maximum Gasteiger partial charge on any atom is 0.227 e. The van der Waals surface area contributed by atoms with E-state index in [2.05, 4.69) is 30.1 Å². The van der Waals surface area contributed by atoms with Gasteiger partial charge in [-0.1, -0.05) is 6.07 Å². The molecule has 0 aliphatic carbocycles. The lowest BCUT2D eigenvalue weighted by atomic mass is 10.3. The number of hydrogen-bond acceptors (Lipinski definition) is 7. The van der Waals surface area contributed by atoms with E-state index in [1.807, 2.05) is 31.2 Å². The average molecular weight is 314 g/mol. The molecule has 2 aromatic rings. The Kier molecular flexibility index (Phi) is 4.99. The van der Waals surface area contributed by atoms with Gasteiger partial charge in [0.2, 0.25) is 5.95 Å². The second kappa shape index (κ2) is 7.34. The Morgan fingerprint density at radius 3 is 2.65 bits per heavy atom. The van der Waals surface area contributed by atoms with E-state index >= 15 is 0 Å². The molecule has 0 saturated carbocycles. The molecular weight excluding hydrogens is 292 g/mol. The largest absolute Gasteiger partial charge is 0.395 e. The molecule has 122 valence electrons. The van der Waals surface area contributed by atoms with Crippen molar-refractivity contribution in [2.45, 2.75) is 6.92 Å². The highest BCUT2D eigenvalue weighted by atomic mass is 16.3. The second-order valence-corrected chi connectivity index (χ2v) is 5.59. The Morgan fingerprint density at radius 2 is 1.96 bits per heavy atom. The Bertz CT molecular complexity index is 628. The fraction of sp³-hybridized carbons (Fsp3) is 0.438. The summed E-state index contributed by atoms with van der Waals surface area (Å²) in [6.45, 7) is 6.48. The van der Waals surface area contributed by atoms with Gasteiger partial charge in [0.05, 0.1) is 6.61 Å². The minimum atomic E-state index is 0.207. The summed E-state index contributed by atoms with van der Waals surface area (Å²) in [5.74, 6) is 2.26. The fourth-order valence-electron chi connectivity index (χ4n) is 2.64. The SMILES string of the molecule is Cc1cc(Nc2ccccn2)nc(N2CCN(CCO)CC2)n1. The van der Waals surface area contributed by atoms with Gasteiger partial charge < -0.3 is 15.3 Å². The van der Waals surface area contributed by atoms with Gasteiger partial charge in [0.1, 0.15) is 11.6 Å². The van der Waals surface area contributed by atoms with Gasteiger partial charge in [-0.3, -0.25) is 4.90 Å². The lowest BCUT2D eigenvalue weighted by molar-refractivity contribution is 0.188. The van der Waals surface area contributed by atoms with Crippen LogP contribution in [0.1, 0.15) is 5.69 Å². The molecule has 3 heterocycles. The zero-order chi connectivity index (χ0) is 16.1. The number of aryl methyl sites for hydroxylation is 1. The quantitative estimate of drug-likeness (QED) is 0.853. The first kappa shape index (κ1) is 15.6. The van der Waals surface area contributed by atoms with Crippen molar-refractivity contribution in [3.05, 3.63) is 36.2 Å². The van der Waals surface area contributed by atoms with E-state index in [0.717, 1.165) is 56.0 Å². The number of anilines is 3. The lowest BCUT2D eigenvalue weighted by Gasteiger charge is -2.34. The van der Waals surface area contributed by atoms with Crippen molar-refractivity contribution in [2.75, 3.05) is 49.5 Å². The molecule has 3 rings (SSSR count). The smallest absolute Gasteiger partial charge is 0.227 e. The van der Waals surface area contributed by atoms with Gasteiger partial charge in [-0.05, 0) is 19.1 Å². The van der Waals surface area contributed by atoms with Crippen LogP contribution in [0, 0.1) is 6.92 Å². The number of nitrogens with zero attached hydrogens (tertiary/aromatic N) is 5. The summed E-state index contributed by atoms with van der Waals surface area (Å²) in [7, 11) is 0. The number of rotatable bonds is 5. The monoisotopic (exact) mass is 314 g/mol. The van der Waals surface area contributed by atoms with Crippen LogP contribution in [0.25, 0.3) is 0 Å². The molecule has 0 bridgehead atoms. The third-order valence-corrected chi connectivity index (χ3v) is 3.83. The highest BCUT2D eigenvalue weighted by molar-refractivity contribution is 5.54. The molecule has 0 unspecified atom stereocenters. The number of piperazine rings is 1. The van der Waals surface area contributed by atoms with Gasteiger partial charge in [-0.2, -0.15) is 4.98 Å². The summed E-state index contributed by atoms with van der Waals surface area (Å²) in [5.41, 5.74) is 0.922. The third kappa shape index (κ3) is 4.14. The minimum Gasteiger partial charge on any atom is -0.395 e. The number of aromatic nitrogens is 3. The molecule has 23 heavy (non-hydrogen) atoms. The molecule has 0 radical (unpaired) electrons. The predicted octanol–water partition coefficient (Wildman–Crippen LogP) is 1.04. The fourth-order valence-corrected chi connectivity index (χ4v) is 2.64. The summed E-state index contributed by atoms with van der Waals surface area (Å²) in [6.07, 6.45) is 1.75. The average Bonchev–Trinajstić information content (AvgIpc) is 2.56. The molecular formula is C16H22N6O. The molecule has 1 aliphatic heterocycles. The van der Waals surface area contributed by atoms with E-state index in [0.29, 0.717) is 0 Å². The molecule has 2 aromatic heterocycles. The van der Waals surface area contributed by atoms with Crippen molar-refractivity contribution in [3.8, 4) is 0 Å². The number of nitrogens with one attached hydrogen (secondary N) is 1. The number of aliphatic hydroxyl groups excluding tert-OH is 1. The van der Waals surface area contributed by atoms with Crippen molar-refractivity contribution >= 4 is 17.6 Å². The predicted molar refractivity (Wildman–Crippen MR) is 90.0 cm³/mol. The van der Waals surface area contributed by atoms with E-state index in [9.17, 15) is 0 Å².